The Hall–Kier alpha value is -9.06. The van der Waals surface area contributed by atoms with E-state index in [9.17, 15) is 19.2 Å². The van der Waals surface area contributed by atoms with E-state index in [0.29, 0.717) is 112 Å². The molecule has 0 N–H and O–H groups in total. The van der Waals surface area contributed by atoms with Crippen LogP contribution in [0, 0.1) is 23.7 Å². The van der Waals surface area contributed by atoms with Crippen molar-refractivity contribution in [1.29, 1.82) is 0 Å². The third-order valence-corrected chi connectivity index (χ3v) is 13.6. The summed E-state index contributed by atoms with van der Waals surface area (Å²) >= 11 is 0. The van der Waals surface area contributed by atoms with Crippen LogP contribution in [0.2, 0.25) is 0 Å². The topological polar surface area (TPSA) is 155 Å². The van der Waals surface area contributed by atoms with Gasteiger partial charge in [-0.3, -0.25) is 0 Å². The zero-order valence-electron chi connectivity index (χ0n) is 50.2. The van der Waals surface area contributed by atoms with Gasteiger partial charge in [0.2, 0.25) is 0 Å². The predicted molar refractivity (Wildman–Crippen MR) is 337 cm³/mol. The molecule has 12 nitrogen and oxygen atoms in total. The molecule has 0 atom stereocenters. The van der Waals surface area contributed by atoms with E-state index in [0.717, 1.165) is 0 Å². The first-order valence-electron chi connectivity index (χ1n) is 28.3. The Morgan fingerprint density at radius 1 is 0.376 bits per heavy atom. The molecule has 5 aliphatic rings. The monoisotopic (exact) mass is 1180 g/mol. The van der Waals surface area contributed by atoms with E-state index >= 15 is 0 Å². The van der Waals surface area contributed by atoms with Crippen LogP contribution in [0.1, 0.15) is 105 Å². The second kappa shape index (κ2) is 27.1. The Bertz CT molecular complexity index is 3960. The average molecular weight is 1180 g/mol. The van der Waals surface area contributed by atoms with Gasteiger partial charge in [0.05, 0.1) is 45.6 Å². The summed E-state index contributed by atoms with van der Waals surface area (Å²) in [5, 5.41) is 0. The van der Waals surface area contributed by atoms with Crippen LogP contribution < -0.4 is 18.9 Å². The molecule has 0 aliphatic carbocycles. The normalized spacial score (nSPS) is 16.0. The molecule has 0 spiro atoms. The van der Waals surface area contributed by atoms with Gasteiger partial charge < -0.3 is 18.9 Å². The standard InChI is InChI=1S/C72H68N4O8.Zn/c1-41(2)33-45(9)69(77)81-60-25-17-13-21-54(60)58-39-53-38-51-30-29-49(73-51)37-50-31-32-52(74-50)40-59-64(55-22-14-18-26-61(55)82-70(78)46(10)34-42(3)4)65(56-23-15-19-27-62(56)83-71(79)47(11)35-43(5)6)68(76-59)66(67(58)75-53)57-24-16-20-28-63(57)84-72(80)48(12)36-44(7)8;/h13-44H,1-12H3;. The maximum atomic E-state index is 14.4. The zero-order valence-corrected chi connectivity index (χ0v) is 53.2. The number of hydrogen-bond acceptors (Lipinski definition) is 12. The molecule has 5 aliphatic heterocycles. The summed E-state index contributed by atoms with van der Waals surface area (Å²) in [6.07, 6.45) is 22.5. The number of carbonyl (C=O) groups excluding carboxylic acids is 4. The minimum absolute atomic E-state index is 0. The first-order valence-corrected chi connectivity index (χ1v) is 28.3. The number of benzene rings is 4. The number of rotatable bonds is 16. The number of para-hydroxylation sites is 4. The van der Waals surface area contributed by atoms with Crippen LogP contribution >= 0.6 is 0 Å². The minimum atomic E-state index is -0.574. The van der Waals surface area contributed by atoms with E-state index in [1.165, 1.54) is 0 Å². The van der Waals surface area contributed by atoms with Crippen LogP contribution in [0.3, 0.4) is 0 Å². The molecule has 9 rings (SSSR count). The number of ether oxygens (including phenoxy) is 4. The molecule has 5 heterocycles. The molecule has 0 unspecified atom stereocenters. The van der Waals surface area contributed by atoms with Crippen molar-refractivity contribution in [2.75, 3.05) is 0 Å². The van der Waals surface area contributed by atoms with Crippen LogP contribution in [0.25, 0.3) is 22.3 Å². The van der Waals surface area contributed by atoms with E-state index in [1.54, 1.807) is 76.2 Å². The largest absolute Gasteiger partial charge is 0.423 e. The Labute approximate surface area is 510 Å². The summed E-state index contributed by atoms with van der Waals surface area (Å²) in [7, 11) is 0. The quantitative estimate of drug-likeness (QED) is 0.0465. The Balaban J connectivity index is 0.00000940. The summed E-state index contributed by atoms with van der Waals surface area (Å²) in [5.41, 5.74) is 9.18. The summed E-state index contributed by atoms with van der Waals surface area (Å²) < 4.78 is 25.7. The van der Waals surface area contributed by atoms with E-state index < -0.39 is 23.9 Å². The van der Waals surface area contributed by atoms with Gasteiger partial charge in [-0.15, -0.1) is 0 Å². The summed E-state index contributed by atoms with van der Waals surface area (Å²) in [6.45, 7) is 22.8. The van der Waals surface area contributed by atoms with Crippen molar-refractivity contribution in [1.82, 2.24) is 0 Å². The van der Waals surface area contributed by atoms with E-state index in [1.807, 2.05) is 177 Å². The van der Waals surface area contributed by atoms with Gasteiger partial charge in [-0.25, -0.2) is 39.1 Å². The second-order valence-corrected chi connectivity index (χ2v) is 22.4. The summed E-state index contributed by atoms with van der Waals surface area (Å²) in [6, 6.07) is 28.8. The molecule has 0 radical (unpaired) electrons. The molecule has 0 saturated carbocycles. The van der Waals surface area contributed by atoms with Crippen molar-refractivity contribution in [2.45, 2.75) is 83.1 Å². The molecule has 426 valence electrons. The molecule has 13 heteroatoms. The number of nitrogens with zero attached hydrogens (tertiary/aromatic N) is 4. The van der Waals surface area contributed by atoms with Gasteiger partial charge in [0, 0.05) is 86.3 Å². The van der Waals surface area contributed by atoms with Crippen molar-refractivity contribution in [3.05, 3.63) is 237 Å². The fourth-order valence-corrected chi connectivity index (χ4v) is 10.2. The number of aliphatic imine (C=N–C) groups is 4. The fourth-order valence-electron chi connectivity index (χ4n) is 10.2. The first kappa shape index (κ1) is 62.0. The van der Waals surface area contributed by atoms with Crippen LogP contribution in [-0.4, -0.2) is 46.7 Å². The molecule has 0 saturated heterocycles. The SMILES string of the molecule is CC(=CC(C)C)C(=O)Oc1ccccc1C1=CC2=CC3=NC(=CC4=NC(=CC5=NC(=C(c6ccccc6OC(=O)C(C)=CC(C)C)C1=N2)C(c1ccccc1OC(=O)C(C)=CC(C)C)=C5c1ccccc1OC(=O)C(C)=CC(C)C)C=C4)C=C3.[Zn]. The Morgan fingerprint density at radius 2 is 0.718 bits per heavy atom. The minimum Gasteiger partial charge on any atom is -0.423 e. The van der Waals surface area contributed by atoms with Crippen molar-refractivity contribution < 1.29 is 57.6 Å². The number of carbonyl (C=O) groups is 4. The molecule has 8 bridgehead atoms. The van der Waals surface area contributed by atoms with Crippen LogP contribution in [0.4, 0.5) is 0 Å². The molecule has 85 heavy (non-hydrogen) atoms. The number of esters is 4. The Morgan fingerprint density at radius 3 is 1.13 bits per heavy atom. The predicted octanol–water partition coefficient (Wildman–Crippen LogP) is 15.7. The molecule has 0 fully saturated rings. The van der Waals surface area contributed by atoms with E-state index in [-0.39, 0.29) is 66.1 Å². The number of allylic oxidation sites excluding steroid dienone is 16. The summed E-state index contributed by atoms with van der Waals surface area (Å²) in [4.78, 5) is 78.2. The van der Waals surface area contributed by atoms with Crippen molar-refractivity contribution in [3.8, 4) is 23.0 Å². The molecular formula is C72H68N4O8Zn. The smallest absolute Gasteiger partial charge is 0.338 e. The maximum Gasteiger partial charge on any atom is 0.338 e. The number of fused-ring (bicyclic) bond motifs is 4. The van der Waals surface area contributed by atoms with Gasteiger partial charge >= 0.3 is 23.9 Å². The number of hydrogen-bond donors (Lipinski definition) is 0. The second-order valence-electron chi connectivity index (χ2n) is 22.4. The van der Waals surface area contributed by atoms with Crippen LogP contribution in [0.5, 0.6) is 23.0 Å². The van der Waals surface area contributed by atoms with Gasteiger partial charge in [0.1, 0.15) is 23.0 Å². The maximum absolute atomic E-state index is 14.4. The zero-order chi connectivity index (χ0) is 59.9. The van der Waals surface area contributed by atoms with Gasteiger partial charge in [0.25, 0.3) is 0 Å². The third kappa shape index (κ3) is 14.7. The average Bonchev–Trinajstić information content (AvgIpc) is 2.04. The van der Waals surface area contributed by atoms with Crippen molar-refractivity contribution >= 4 is 69.0 Å². The van der Waals surface area contributed by atoms with Gasteiger partial charge in [-0.1, -0.05) is 152 Å². The first-order chi connectivity index (χ1) is 40.2. The van der Waals surface area contributed by atoms with Gasteiger partial charge in [-0.05, 0) is 124 Å². The van der Waals surface area contributed by atoms with Crippen molar-refractivity contribution in [2.24, 2.45) is 43.6 Å². The van der Waals surface area contributed by atoms with E-state index in [2.05, 4.69) is 0 Å². The molecule has 0 aromatic heterocycles. The Kier molecular flexibility index (Phi) is 19.8. The molecule has 4 aromatic carbocycles. The van der Waals surface area contributed by atoms with Crippen LogP contribution in [-0.2, 0) is 38.7 Å². The molecule has 4 aromatic rings. The summed E-state index contributed by atoms with van der Waals surface area (Å²) in [5.74, 6) is -1.15. The van der Waals surface area contributed by atoms with Crippen molar-refractivity contribution in [3.63, 3.8) is 0 Å². The van der Waals surface area contributed by atoms with E-state index in [4.69, 9.17) is 38.9 Å². The molecular weight excluding hydrogens is 1110 g/mol. The molecule has 0 amide bonds. The third-order valence-electron chi connectivity index (χ3n) is 13.6. The van der Waals surface area contributed by atoms with Gasteiger partial charge in [-0.2, -0.15) is 0 Å². The van der Waals surface area contributed by atoms with Crippen LogP contribution in [0.15, 0.2) is 235 Å². The van der Waals surface area contributed by atoms with Gasteiger partial charge in [0.15, 0.2) is 0 Å². The fraction of sp³-hybridized carbons (Fsp3) is 0.222.